The fourth-order valence-electron chi connectivity index (χ4n) is 5.90. The fourth-order valence-corrected chi connectivity index (χ4v) is 6.08. The van der Waals surface area contributed by atoms with Gasteiger partial charge in [0.1, 0.15) is 18.2 Å². The summed E-state index contributed by atoms with van der Waals surface area (Å²) >= 11 is 6.24. The number of carbonyl (C=O) groups excluding carboxylic acids is 3. The highest BCUT2D eigenvalue weighted by Crippen LogP contribution is 2.33. The van der Waals surface area contributed by atoms with Crippen LogP contribution in [0.4, 0.5) is 16.2 Å². The summed E-state index contributed by atoms with van der Waals surface area (Å²) in [5.74, 6) is 0.344. The van der Waals surface area contributed by atoms with Gasteiger partial charge < -0.3 is 25.3 Å². The number of rotatable bonds is 6. The Morgan fingerprint density at radius 3 is 2.68 bits per heavy atom. The molecular formula is C32H35ClN10O4. The van der Waals surface area contributed by atoms with E-state index in [1.807, 2.05) is 11.0 Å². The number of imidazole rings is 1. The number of likely N-dealkylation sites (tertiary alicyclic amines) is 1. The number of fused-ring (bicyclic) bond motifs is 4. The topological polar surface area (TPSA) is 172 Å². The minimum Gasteiger partial charge on any atom is -0.453 e. The molecule has 6 rings (SSSR count). The maximum Gasteiger partial charge on any atom is 0.411 e. The van der Waals surface area contributed by atoms with Crippen LogP contribution in [-0.4, -0.2) is 79.2 Å². The van der Waals surface area contributed by atoms with Gasteiger partial charge in [0.05, 0.1) is 30.7 Å². The number of nitrogens with zero attached hydrogens (tertiary/aromatic N) is 6. The Bertz CT molecular complexity index is 1770. The number of carbonyl (C=O) groups is 3. The summed E-state index contributed by atoms with van der Waals surface area (Å²) < 4.78 is 6.27. The van der Waals surface area contributed by atoms with Crippen LogP contribution < -0.4 is 16.0 Å². The first kappa shape index (κ1) is 31.7. The zero-order valence-corrected chi connectivity index (χ0v) is 26.5. The van der Waals surface area contributed by atoms with Crippen molar-refractivity contribution in [2.75, 3.05) is 30.8 Å². The summed E-state index contributed by atoms with van der Waals surface area (Å²) in [5.41, 5.74) is 3.97. The fraction of sp³-hybridized carbons (Fsp3) is 0.344. The van der Waals surface area contributed by atoms with Crippen molar-refractivity contribution in [2.45, 2.75) is 50.6 Å². The lowest BCUT2D eigenvalue weighted by Crippen LogP contribution is -2.41. The molecule has 47 heavy (non-hydrogen) atoms. The van der Waals surface area contributed by atoms with Gasteiger partial charge in [0.25, 0.3) is 0 Å². The van der Waals surface area contributed by atoms with Crippen molar-refractivity contribution in [3.05, 3.63) is 71.4 Å². The van der Waals surface area contributed by atoms with Gasteiger partial charge in [-0.3, -0.25) is 14.9 Å². The highest BCUT2D eigenvalue weighted by Gasteiger charge is 2.28. The summed E-state index contributed by atoms with van der Waals surface area (Å²) in [6, 6.07) is 9.73. The smallest absolute Gasteiger partial charge is 0.411 e. The Hall–Kier alpha value is -5.24. The lowest BCUT2D eigenvalue weighted by molar-refractivity contribution is -0.131. The molecule has 0 aliphatic carbocycles. The van der Waals surface area contributed by atoms with E-state index in [-0.39, 0.29) is 11.8 Å². The molecule has 2 bridgehead atoms. The predicted molar refractivity (Wildman–Crippen MR) is 176 cm³/mol. The Morgan fingerprint density at radius 2 is 1.89 bits per heavy atom. The van der Waals surface area contributed by atoms with Crippen LogP contribution in [0.1, 0.15) is 56.0 Å². The first-order valence-corrected chi connectivity index (χ1v) is 15.9. The van der Waals surface area contributed by atoms with Crippen molar-refractivity contribution in [2.24, 2.45) is 0 Å². The van der Waals surface area contributed by atoms with Gasteiger partial charge in [-0.15, -0.1) is 5.10 Å². The number of amides is 3. The van der Waals surface area contributed by atoms with E-state index >= 15 is 0 Å². The average molecular weight is 659 g/mol. The number of anilines is 2. The minimum absolute atomic E-state index is 0.0548. The molecule has 0 radical (unpaired) electrons. The summed E-state index contributed by atoms with van der Waals surface area (Å²) in [6.07, 6.45) is 10.3. The summed E-state index contributed by atoms with van der Waals surface area (Å²) in [5, 5.41) is 21.1. The molecule has 2 aliphatic rings. The summed E-state index contributed by atoms with van der Waals surface area (Å²) in [6.45, 7) is 1.48. The van der Waals surface area contributed by atoms with Crippen LogP contribution in [0.25, 0.3) is 23.0 Å². The standard InChI is InChI=1S/C32H35ClN10O4/c1-47-32(46)36-22-10-11-23-26(17-22)37-25(31(45)42-14-4-5-15-42)7-3-2-6-24(30-34-18-27(23)39-30)38-29(44)13-8-20-16-21(33)9-12-28(20)43-19-35-40-41-43/h8-13,16-19,24-25,37H,2-7,14-15H2,1H3,(H,34,39)(H,36,46)(H,38,44)/b13-8+/t24-,25+/m0/s1. The average Bonchev–Trinajstić information content (AvgIpc) is 3.88. The molecule has 0 unspecified atom stereocenters. The maximum atomic E-state index is 13.6. The highest BCUT2D eigenvalue weighted by atomic mass is 35.5. The predicted octanol–water partition coefficient (Wildman–Crippen LogP) is 4.73. The van der Waals surface area contributed by atoms with E-state index in [4.69, 9.17) is 16.3 Å². The number of H-pyrrole nitrogens is 1. The Kier molecular flexibility index (Phi) is 9.76. The third-order valence-electron chi connectivity index (χ3n) is 8.26. The zero-order valence-electron chi connectivity index (χ0n) is 25.8. The van der Waals surface area contributed by atoms with Crippen LogP contribution >= 0.6 is 11.6 Å². The van der Waals surface area contributed by atoms with Crippen molar-refractivity contribution in [1.82, 2.24) is 40.4 Å². The molecule has 0 saturated carbocycles. The molecule has 244 valence electrons. The largest absolute Gasteiger partial charge is 0.453 e. The molecule has 1 saturated heterocycles. The summed E-state index contributed by atoms with van der Waals surface area (Å²) in [7, 11) is 1.30. The second kappa shape index (κ2) is 14.5. The highest BCUT2D eigenvalue weighted by molar-refractivity contribution is 6.30. The molecule has 2 atom stereocenters. The van der Waals surface area contributed by atoms with Crippen LogP contribution in [0.3, 0.4) is 0 Å². The number of nitrogens with one attached hydrogen (secondary N) is 4. The molecular weight excluding hydrogens is 624 g/mol. The van der Waals surface area contributed by atoms with Gasteiger partial charge in [0.15, 0.2) is 0 Å². The number of aromatic nitrogens is 6. The molecule has 2 aliphatic heterocycles. The van der Waals surface area contributed by atoms with Crippen LogP contribution in [-0.2, 0) is 14.3 Å². The molecule has 4 N–H and O–H groups in total. The first-order chi connectivity index (χ1) is 22.9. The van der Waals surface area contributed by atoms with Crippen LogP contribution in [0.15, 0.2) is 55.0 Å². The van der Waals surface area contributed by atoms with E-state index in [9.17, 15) is 14.4 Å². The lowest BCUT2D eigenvalue weighted by Gasteiger charge is -2.26. The molecule has 1 fully saturated rings. The SMILES string of the molecule is COC(=O)Nc1ccc2c(c1)N[C@@H](C(=O)N1CCCC1)CCCC[C@H](NC(=O)/C=C/c1cc(Cl)ccc1-n1cnnn1)c1ncc-2[nH]1. The first-order valence-electron chi connectivity index (χ1n) is 15.5. The normalized spacial score (nSPS) is 18.0. The van der Waals surface area contributed by atoms with Gasteiger partial charge in [0.2, 0.25) is 11.8 Å². The van der Waals surface area contributed by atoms with E-state index in [0.717, 1.165) is 44.3 Å². The van der Waals surface area contributed by atoms with E-state index in [2.05, 4.69) is 41.4 Å². The van der Waals surface area contributed by atoms with E-state index in [0.29, 0.717) is 52.0 Å². The van der Waals surface area contributed by atoms with Gasteiger partial charge in [-0.05, 0) is 78.6 Å². The molecule has 2 aromatic carbocycles. The maximum absolute atomic E-state index is 13.6. The van der Waals surface area contributed by atoms with E-state index in [1.54, 1.807) is 42.6 Å². The second-order valence-corrected chi connectivity index (χ2v) is 11.9. The Balaban J connectivity index is 1.27. The lowest BCUT2D eigenvalue weighted by atomic mass is 10.0. The third-order valence-corrected chi connectivity index (χ3v) is 8.50. The third kappa shape index (κ3) is 7.60. The molecule has 0 spiro atoms. The van der Waals surface area contributed by atoms with Gasteiger partial charge in [-0.1, -0.05) is 24.4 Å². The number of methoxy groups -OCH3 is 1. The molecule has 15 heteroatoms. The van der Waals surface area contributed by atoms with Crippen LogP contribution in [0.2, 0.25) is 5.02 Å². The van der Waals surface area contributed by atoms with Crippen molar-refractivity contribution in [3.8, 4) is 16.9 Å². The number of hydrogen-bond acceptors (Lipinski definition) is 9. The Labute approximate surface area is 275 Å². The molecule has 3 amide bonds. The summed E-state index contributed by atoms with van der Waals surface area (Å²) in [4.78, 5) is 48.8. The Morgan fingerprint density at radius 1 is 1.06 bits per heavy atom. The zero-order chi connectivity index (χ0) is 32.8. The molecule has 4 heterocycles. The quantitative estimate of drug-likeness (QED) is 0.214. The minimum atomic E-state index is -0.596. The van der Waals surface area contributed by atoms with Crippen LogP contribution in [0, 0.1) is 0 Å². The second-order valence-electron chi connectivity index (χ2n) is 11.4. The monoisotopic (exact) mass is 658 g/mol. The number of ether oxygens (including phenoxy) is 1. The number of aromatic amines is 1. The van der Waals surface area contributed by atoms with Crippen molar-refractivity contribution in [1.29, 1.82) is 0 Å². The molecule has 4 aromatic rings. The van der Waals surface area contributed by atoms with E-state index < -0.39 is 18.2 Å². The van der Waals surface area contributed by atoms with Gasteiger partial charge in [-0.2, -0.15) is 4.68 Å². The van der Waals surface area contributed by atoms with Gasteiger partial charge in [0, 0.05) is 46.7 Å². The van der Waals surface area contributed by atoms with Gasteiger partial charge >= 0.3 is 6.09 Å². The van der Waals surface area contributed by atoms with Crippen molar-refractivity contribution >= 4 is 47.0 Å². The van der Waals surface area contributed by atoms with Crippen molar-refractivity contribution in [3.63, 3.8) is 0 Å². The number of halogens is 1. The number of benzene rings is 2. The van der Waals surface area contributed by atoms with Gasteiger partial charge in [-0.25, -0.2) is 9.78 Å². The number of hydrogen-bond donors (Lipinski definition) is 4. The molecule has 14 nitrogen and oxygen atoms in total. The van der Waals surface area contributed by atoms with Crippen LogP contribution in [0.5, 0.6) is 0 Å². The molecule has 2 aromatic heterocycles. The number of tetrazole rings is 1. The van der Waals surface area contributed by atoms with E-state index in [1.165, 1.54) is 24.2 Å². The van der Waals surface area contributed by atoms with Crippen molar-refractivity contribution < 1.29 is 19.1 Å².